The molecule has 5 rings (SSSR count). The lowest BCUT2D eigenvalue weighted by Gasteiger charge is -2.19. The molecule has 7 nitrogen and oxygen atoms in total. The fraction of sp³-hybridized carbons (Fsp3) is 0.464. The van der Waals surface area contributed by atoms with Crippen molar-refractivity contribution >= 4 is 34.6 Å². The van der Waals surface area contributed by atoms with E-state index in [1.807, 2.05) is 17.5 Å². The van der Waals surface area contributed by atoms with E-state index in [4.69, 9.17) is 14.5 Å². The standard InChI is InChI=1S/C28H33N3O4S.H2/c1-18-5-8-24(23(14-18)21-7-6-20-15-22(20)16-21)29-26(32)25-17-36-27(30-25)19-4-3-10-31(11-9-19)28(33)35-13-12-34-2;/h5-8,14,16-17,19-20,22H,3-4,9-13,15H2,1-2H3,(H,29,32);1H. The summed E-state index contributed by atoms with van der Waals surface area (Å²) in [6.07, 6.45) is 10.3. The number of amides is 2. The van der Waals surface area contributed by atoms with Crippen molar-refractivity contribution in [2.75, 3.05) is 38.7 Å². The van der Waals surface area contributed by atoms with E-state index in [0.717, 1.165) is 41.1 Å². The molecule has 2 aromatic rings. The molecule has 3 unspecified atom stereocenters. The zero-order valence-corrected chi connectivity index (χ0v) is 21.7. The number of methoxy groups -OCH3 is 1. The highest BCUT2D eigenvalue weighted by atomic mass is 32.1. The third-order valence-electron chi connectivity index (χ3n) is 7.15. The molecule has 3 atom stereocenters. The Kier molecular flexibility index (Phi) is 7.53. The highest BCUT2D eigenvalue weighted by Crippen LogP contribution is 2.46. The van der Waals surface area contributed by atoms with Gasteiger partial charge in [0.2, 0.25) is 0 Å². The number of nitrogens with one attached hydrogen (secondary N) is 1. The van der Waals surface area contributed by atoms with Crippen LogP contribution in [0.5, 0.6) is 0 Å². The zero-order chi connectivity index (χ0) is 25.1. The molecular weight excluding hydrogens is 474 g/mol. The quantitative estimate of drug-likeness (QED) is 0.471. The van der Waals surface area contributed by atoms with Crippen molar-refractivity contribution < 1.29 is 20.5 Å². The topological polar surface area (TPSA) is 80.8 Å². The molecule has 8 heteroatoms. The van der Waals surface area contributed by atoms with E-state index in [-0.39, 0.29) is 26.0 Å². The molecule has 1 aromatic carbocycles. The van der Waals surface area contributed by atoms with E-state index in [9.17, 15) is 9.59 Å². The van der Waals surface area contributed by atoms with Gasteiger partial charge in [-0.2, -0.15) is 0 Å². The van der Waals surface area contributed by atoms with E-state index in [1.165, 1.54) is 23.3 Å². The van der Waals surface area contributed by atoms with E-state index >= 15 is 0 Å². The molecule has 192 valence electrons. The summed E-state index contributed by atoms with van der Waals surface area (Å²) < 4.78 is 10.2. The van der Waals surface area contributed by atoms with Crippen LogP contribution >= 0.6 is 11.3 Å². The van der Waals surface area contributed by atoms with Crippen LogP contribution in [0.4, 0.5) is 10.5 Å². The molecule has 1 aliphatic heterocycles. The Hall–Kier alpha value is -2.97. The van der Waals surface area contributed by atoms with E-state index in [1.54, 1.807) is 12.0 Å². The number of fused-ring (bicyclic) bond motifs is 1. The van der Waals surface area contributed by atoms with E-state index < -0.39 is 0 Å². The molecule has 1 saturated carbocycles. The molecule has 1 saturated heterocycles. The molecule has 2 amide bonds. The second-order valence-corrected chi connectivity index (χ2v) is 10.7. The molecule has 0 radical (unpaired) electrons. The number of carbonyl (C=O) groups is 2. The number of aryl methyl sites for hydroxylation is 1. The number of carbonyl (C=O) groups excluding carboxylic acids is 2. The highest BCUT2D eigenvalue weighted by molar-refractivity contribution is 7.10. The Morgan fingerprint density at radius 1 is 1.22 bits per heavy atom. The average molecular weight is 510 g/mol. The van der Waals surface area contributed by atoms with Crippen LogP contribution in [0.3, 0.4) is 0 Å². The molecule has 2 aliphatic carbocycles. The summed E-state index contributed by atoms with van der Waals surface area (Å²) in [6.45, 7) is 4.02. The molecule has 0 bridgehead atoms. The number of benzene rings is 1. The third kappa shape index (κ3) is 5.71. The number of hydrogen-bond donors (Lipinski definition) is 1. The third-order valence-corrected chi connectivity index (χ3v) is 8.15. The average Bonchev–Trinajstić information content (AvgIpc) is 3.57. The van der Waals surface area contributed by atoms with Crippen LogP contribution in [0.25, 0.3) is 5.57 Å². The van der Waals surface area contributed by atoms with Crippen LogP contribution in [-0.4, -0.2) is 55.3 Å². The lowest BCUT2D eigenvalue weighted by atomic mass is 9.96. The van der Waals surface area contributed by atoms with Crippen molar-refractivity contribution in [2.45, 2.75) is 38.5 Å². The number of anilines is 1. The summed E-state index contributed by atoms with van der Waals surface area (Å²) in [5.41, 5.74) is 4.65. The maximum atomic E-state index is 13.2. The minimum atomic E-state index is -0.291. The van der Waals surface area contributed by atoms with Crippen LogP contribution in [0.15, 0.2) is 41.8 Å². The summed E-state index contributed by atoms with van der Waals surface area (Å²) in [7, 11) is 1.58. The molecule has 1 aromatic heterocycles. The van der Waals surface area contributed by atoms with Crippen LogP contribution in [0, 0.1) is 18.8 Å². The van der Waals surface area contributed by atoms with Crippen molar-refractivity contribution in [1.82, 2.24) is 9.88 Å². The van der Waals surface area contributed by atoms with E-state index in [2.05, 4.69) is 36.5 Å². The first kappa shape index (κ1) is 24.7. The van der Waals surface area contributed by atoms with Gasteiger partial charge < -0.3 is 19.7 Å². The summed E-state index contributed by atoms with van der Waals surface area (Å²) in [5.74, 6) is 1.37. The largest absolute Gasteiger partial charge is 0.447 e. The van der Waals surface area contributed by atoms with Gasteiger partial charge in [-0.3, -0.25) is 4.79 Å². The smallest absolute Gasteiger partial charge is 0.409 e. The second-order valence-electron chi connectivity index (χ2n) is 9.84. The van der Waals surface area contributed by atoms with Crippen LogP contribution in [0.1, 0.15) is 59.7 Å². The van der Waals surface area contributed by atoms with Gasteiger partial charge in [-0.1, -0.05) is 29.9 Å². The fourth-order valence-electron chi connectivity index (χ4n) is 4.94. The maximum Gasteiger partial charge on any atom is 0.409 e. The van der Waals surface area contributed by atoms with E-state index in [0.29, 0.717) is 37.2 Å². The Labute approximate surface area is 217 Å². The summed E-state index contributed by atoms with van der Waals surface area (Å²) >= 11 is 1.53. The van der Waals surface area contributed by atoms with Gasteiger partial charge in [-0.05, 0) is 62.1 Å². The zero-order valence-electron chi connectivity index (χ0n) is 20.9. The summed E-state index contributed by atoms with van der Waals surface area (Å²) in [6, 6.07) is 6.14. The van der Waals surface area contributed by atoms with Gasteiger partial charge in [0.1, 0.15) is 12.3 Å². The molecule has 1 N–H and O–H groups in total. The van der Waals surface area contributed by atoms with Gasteiger partial charge in [-0.25, -0.2) is 9.78 Å². The first-order valence-electron chi connectivity index (χ1n) is 12.7. The van der Waals surface area contributed by atoms with Crippen molar-refractivity contribution in [1.29, 1.82) is 0 Å². The lowest BCUT2D eigenvalue weighted by molar-refractivity contribution is 0.0725. The Morgan fingerprint density at radius 2 is 2.11 bits per heavy atom. The number of likely N-dealkylation sites (tertiary alicyclic amines) is 1. The van der Waals surface area contributed by atoms with Crippen LogP contribution in [-0.2, 0) is 9.47 Å². The predicted octanol–water partition coefficient (Wildman–Crippen LogP) is 5.89. The molecule has 2 fully saturated rings. The second kappa shape index (κ2) is 11.0. The predicted molar refractivity (Wildman–Crippen MR) is 143 cm³/mol. The lowest BCUT2D eigenvalue weighted by Crippen LogP contribution is -2.33. The van der Waals surface area contributed by atoms with Gasteiger partial charge in [0, 0.05) is 44.2 Å². The van der Waals surface area contributed by atoms with Crippen molar-refractivity contribution in [2.24, 2.45) is 11.8 Å². The number of ether oxygens (including phenoxy) is 2. The SMILES string of the molecule is COCCOC(=O)N1CCCC(c2nc(C(=O)Nc3ccc(C)cc3C3=CC4CC4C=C3)cs2)CC1.[HH]. The number of rotatable bonds is 7. The highest BCUT2D eigenvalue weighted by Gasteiger charge is 2.35. The first-order valence-corrected chi connectivity index (χ1v) is 13.6. The normalized spacial score (nSPS) is 22.9. The monoisotopic (exact) mass is 509 g/mol. The molecule has 2 heterocycles. The molecular formula is C28H35N3O4S. The number of allylic oxidation sites excluding steroid dienone is 4. The minimum absolute atomic E-state index is 0. The van der Waals surface area contributed by atoms with Crippen molar-refractivity contribution in [3.63, 3.8) is 0 Å². The molecule has 36 heavy (non-hydrogen) atoms. The Morgan fingerprint density at radius 3 is 2.94 bits per heavy atom. The Balaban J connectivity index is 0.00000320. The number of hydrogen-bond acceptors (Lipinski definition) is 6. The first-order chi connectivity index (χ1) is 17.5. The van der Waals surface area contributed by atoms with Crippen LogP contribution in [0.2, 0.25) is 0 Å². The molecule has 0 spiro atoms. The number of aromatic nitrogens is 1. The van der Waals surface area contributed by atoms with Crippen molar-refractivity contribution in [3.05, 3.63) is 63.6 Å². The maximum absolute atomic E-state index is 13.2. The minimum Gasteiger partial charge on any atom is -0.447 e. The van der Waals surface area contributed by atoms with Crippen molar-refractivity contribution in [3.8, 4) is 0 Å². The van der Waals surface area contributed by atoms with Gasteiger partial charge in [0.25, 0.3) is 5.91 Å². The van der Waals surface area contributed by atoms with Gasteiger partial charge in [0.15, 0.2) is 0 Å². The van der Waals surface area contributed by atoms with Gasteiger partial charge >= 0.3 is 6.09 Å². The Bertz CT molecular complexity index is 1190. The fourth-order valence-corrected chi connectivity index (χ4v) is 5.91. The van der Waals surface area contributed by atoms with Gasteiger partial charge in [-0.15, -0.1) is 11.3 Å². The molecule has 3 aliphatic rings. The van der Waals surface area contributed by atoms with Crippen LogP contribution < -0.4 is 5.32 Å². The number of thiazole rings is 1. The van der Waals surface area contributed by atoms with Gasteiger partial charge in [0.05, 0.1) is 11.6 Å². The summed E-state index contributed by atoms with van der Waals surface area (Å²) in [5, 5.41) is 5.90. The number of nitrogens with zero attached hydrogens (tertiary/aromatic N) is 2. The summed E-state index contributed by atoms with van der Waals surface area (Å²) in [4.78, 5) is 31.9.